The number of rotatable bonds is 7. The molecule has 0 radical (unpaired) electrons. The Kier molecular flexibility index (Phi) is 9.27. The number of para-hydroxylation sites is 1. The number of hydrogen-bond acceptors (Lipinski definition) is 8. The summed E-state index contributed by atoms with van der Waals surface area (Å²) in [4.78, 5) is 44.6. The van der Waals surface area contributed by atoms with Gasteiger partial charge < -0.3 is 24.5 Å². The highest BCUT2D eigenvalue weighted by Crippen LogP contribution is 2.35. The Labute approximate surface area is 254 Å². The lowest BCUT2D eigenvalue weighted by molar-refractivity contribution is -0.274. The van der Waals surface area contributed by atoms with Crippen LogP contribution in [0.2, 0.25) is 0 Å². The number of halogens is 4. The highest BCUT2D eigenvalue weighted by atomic mass is 32.2. The summed E-state index contributed by atoms with van der Waals surface area (Å²) in [5, 5.41) is 2.23. The number of anilines is 1. The summed E-state index contributed by atoms with van der Waals surface area (Å²) in [7, 11) is -4.50. The number of amides is 3. The number of ether oxygens (including phenoxy) is 2. The van der Waals surface area contributed by atoms with Gasteiger partial charge in [0.25, 0.3) is 11.8 Å². The summed E-state index contributed by atoms with van der Waals surface area (Å²) in [6.07, 6.45) is -6.07. The molecule has 3 aromatic rings. The quantitative estimate of drug-likeness (QED) is 0.277. The van der Waals surface area contributed by atoms with Crippen molar-refractivity contribution in [1.29, 1.82) is 0 Å². The molecule has 1 atom stereocenters. The van der Waals surface area contributed by atoms with Gasteiger partial charge in [0, 0.05) is 0 Å². The molecule has 3 aromatic carbocycles. The van der Waals surface area contributed by atoms with Crippen molar-refractivity contribution >= 4 is 33.4 Å². The number of sulfone groups is 1. The maximum absolute atomic E-state index is 15.3. The maximum atomic E-state index is 15.3. The molecule has 1 heterocycles. The fourth-order valence-electron chi connectivity index (χ4n) is 4.21. The van der Waals surface area contributed by atoms with Crippen LogP contribution in [0.5, 0.6) is 11.5 Å². The van der Waals surface area contributed by atoms with E-state index >= 15 is 4.39 Å². The van der Waals surface area contributed by atoms with Crippen molar-refractivity contribution in [2.75, 3.05) is 10.7 Å². The molecule has 4 rings (SSSR count). The van der Waals surface area contributed by atoms with Crippen molar-refractivity contribution < 1.29 is 54.7 Å². The topological polar surface area (TPSA) is 140 Å². The number of carbonyl (C=O) groups is 3. The molecule has 0 unspecified atom stereocenters. The molecule has 0 aliphatic carbocycles. The highest BCUT2D eigenvalue weighted by Gasteiger charge is 2.40. The lowest BCUT2D eigenvalue weighted by atomic mass is 10.1. The first-order chi connectivity index (χ1) is 20.9. The first kappa shape index (κ1) is 33.0. The zero-order chi connectivity index (χ0) is 33.2. The molecule has 16 heteroatoms. The lowest BCUT2D eigenvalue weighted by Gasteiger charge is -2.27. The van der Waals surface area contributed by atoms with Gasteiger partial charge in [0.2, 0.25) is 0 Å². The molecule has 2 N–H and O–H groups in total. The summed E-state index contributed by atoms with van der Waals surface area (Å²) in [6, 6.07) is 11.9. The summed E-state index contributed by atoms with van der Waals surface area (Å²) in [6.45, 7) is 4.17. The molecular formula is C29H27F4N3O8S. The van der Waals surface area contributed by atoms with Crippen LogP contribution in [0.25, 0.3) is 0 Å². The van der Waals surface area contributed by atoms with Gasteiger partial charge in [-0.25, -0.2) is 17.6 Å². The predicted octanol–water partition coefficient (Wildman–Crippen LogP) is 4.66. The average Bonchev–Trinajstić information content (AvgIpc) is 2.99. The zero-order valence-electron chi connectivity index (χ0n) is 24.0. The fraction of sp³-hybridized carbons (Fsp3) is 0.276. The van der Waals surface area contributed by atoms with E-state index < -0.39 is 85.8 Å². The number of nitrogens with one attached hydrogen (secondary N) is 2. The van der Waals surface area contributed by atoms with E-state index in [0.29, 0.717) is 6.07 Å². The van der Waals surface area contributed by atoms with Crippen LogP contribution in [0, 0.1) is 5.82 Å². The van der Waals surface area contributed by atoms with Crippen LogP contribution in [0.3, 0.4) is 0 Å². The standard InChI is InChI=1S/C29H27F4N3O8S/c1-28(2,3)43-27(39)34-22-16-45(40,41)24-14-21(30)20(25(37)35-44-19-7-5-4-6-8-19)13-23(24)36(26(22)38)15-17-9-11-18(12-10-17)42-29(31,32)33/h4-14,22H,15-16H2,1-3H3,(H,34,39)(H,35,37)/t22-/m0/s1. The molecule has 3 amide bonds. The number of benzene rings is 3. The van der Waals surface area contributed by atoms with Crippen LogP contribution in [0.4, 0.5) is 28.0 Å². The van der Waals surface area contributed by atoms with E-state index in [0.717, 1.165) is 23.1 Å². The van der Waals surface area contributed by atoms with Crippen LogP contribution in [0.1, 0.15) is 36.7 Å². The number of alkyl halides is 3. The van der Waals surface area contributed by atoms with Crippen LogP contribution < -0.4 is 25.3 Å². The van der Waals surface area contributed by atoms with Gasteiger partial charge in [0.05, 0.1) is 28.4 Å². The Morgan fingerprint density at radius 1 is 0.978 bits per heavy atom. The molecule has 0 saturated heterocycles. The molecule has 45 heavy (non-hydrogen) atoms. The predicted molar refractivity (Wildman–Crippen MR) is 150 cm³/mol. The van der Waals surface area contributed by atoms with Crippen LogP contribution in [-0.2, 0) is 25.9 Å². The number of nitrogens with zero attached hydrogens (tertiary/aromatic N) is 1. The normalized spacial score (nSPS) is 16.2. The third-order valence-electron chi connectivity index (χ3n) is 6.06. The Morgan fingerprint density at radius 2 is 1.62 bits per heavy atom. The maximum Gasteiger partial charge on any atom is 0.573 e. The van der Waals surface area contributed by atoms with Crippen LogP contribution in [0.15, 0.2) is 71.6 Å². The number of fused-ring (bicyclic) bond motifs is 1. The fourth-order valence-corrected chi connectivity index (χ4v) is 5.82. The first-order valence-electron chi connectivity index (χ1n) is 13.2. The van der Waals surface area contributed by atoms with Gasteiger partial charge >= 0.3 is 12.5 Å². The largest absolute Gasteiger partial charge is 0.573 e. The molecule has 1 aliphatic rings. The number of carbonyl (C=O) groups excluding carboxylic acids is 3. The Balaban J connectivity index is 1.75. The van der Waals surface area contributed by atoms with Gasteiger partial charge in [-0.3, -0.25) is 9.59 Å². The molecule has 0 fully saturated rings. The SMILES string of the molecule is CC(C)(C)OC(=O)N[C@H]1CS(=O)(=O)c2cc(F)c(C(=O)NOc3ccccc3)cc2N(Cc2ccc(OC(F)(F)F)cc2)C1=O. The number of hydroxylamine groups is 1. The monoisotopic (exact) mass is 653 g/mol. The average molecular weight is 654 g/mol. The molecule has 11 nitrogen and oxygen atoms in total. The molecule has 0 bridgehead atoms. The van der Waals surface area contributed by atoms with Gasteiger partial charge in [-0.1, -0.05) is 30.3 Å². The van der Waals surface area contributed by atoms with Crippen LogP contribution in [-0.4, -0.2) is 50.1 Å². The third kappa shape index (κ3) is 8.62. The minimum Gasteiger partial charge on any atom is -0.444 e. The van der Waals surface area contributed by atoms with Gasteiger partial charge in [0.1, 0.15) is 23.2 Å². The van der Waals surface area contributed by atoms with Gasteiger partial charge in [-0.05, 0) is 62.7 Å². The van der Waals surface area contributed by atoms with Crippen molar-refractivity contribution in [3.05, 3.63) is 83.7 Å². The highest BCUT2D eigenvalue weighted by molar-refractivity contribution is 7.91. The smallest absolute Gasteiger partial charge is 0.444 e. The van der Waals surface area contributed by atoms with Gasteiger partial charge in [-0.2, -0.15) is 5.48 Å². The van der Waals surface area contributed by atoms with Crippen LogP contribution >= 0.6 is 0 Å². The molecule has 1 aliphatic heterocycles. The minimum atomic E-state index is -4.96. The van der Waals surface area contributed by atoms with Crippen molar-refractivity contribution in [3.8, 4) is 11.5 Å². The minimum absolute atomic E-state index is 0.196. The lowest BCUT2D eigenvalue weighted by Crippen LogP contribution is -2.51. The third-order valence-corrected chi connectivity index (χ3v) is 7.83. The zero-order valence-corrected chi connectivity index (χ0v) is 24.8. The van der Waals surface area contributed by atoms with Crippen molar-refractivity contribution in [2.45, 2.75) is 50.2 Å². The summed E-state index contributed by atoms with van der Waals surface area (Å²) in [5.74, 6) is -4.71. The van der Waals surface area contributed by atoms with E-state index in [1.807, 2.05) is 5.48 Å². The van der Waals surface area contributed by atoms with E-state index in [4.69, 9.17) is 9.57 Å². The molecule has 0 spiro atoms. The van der Waals surface area contributed by atoms with Crippen molar-refractivity contribution in [3.63, 3.8) is 0 Å². The first-order valence-corrected chi connectivity index (χ1v) is 14.8. The van der Waals surface area contributed by atoms with Gasteiger partial charge in [-0.15, -0.1) is 13.2 Å². The molecular weight excluding hydrogens is 626 g/mol. The summed E-state index contributed by atoms with van der Waals surface area (Å²) >= 11 is 0. The van der Waals surface area contributed by atoms with E-state index in [9.17, 15) is 36.0 Å². The second-order valence-electron chi connectivity index (χ2n) is 10.7. The number of alkyl carbamates (subject to hydrolysis) is 1. The van der Waals surface area contributed by atoms with Crippen molar-refractivity contribution in [2.24, 2.45) is 0 Å². The van der Waals surface area contributed by atoms with E-state index in [2.05, 4.69) is 10.1 Å². The molecule has 0 aromatic heterocycles. The number of hydrogen-bond donors (Lipinski definition) is 2. The van der Waals surface area contributed by atoms with E-state index in [1.54, 1.807) is 39.0 Å². The summed E-state index contributed by atoms with van der Waals surface area (Å²) < 4.78 is 89.1. The van der Waals surface area contributed by atoms with Gasteiger partial charge in [0.15, 0.2) is 15.6 Å². The molecule has 0 saturated carbocycles. The van der Waals surface area contributed by atoms with E-state index in [-0.39, 0.29) is 11.3 Å². The Bertz CT molecular complexity index is 1690. The molecule has 240 valence electrons. The summed E-state index contributed by atoms with van der Waals surface area (Å²) in [5.41, 5.74) is 0.124. The second-order valence-corrected chi connectivity index (χ2v) is 12.7. The van der Waals surface area contributed by atoms with Crippen molar-refractivity contribution in [1.82, 2.24) is 10.8 Å². The second kappa shape index (κ2) is 12.6. The Morgan fingerprint density at radius 3 is 2.22 bits per heavy atom. The Hall–Kier alpha value is -4.86. The van der Waals surface area contributed by atoms with E-state index in [1.165, 1.54) is 24.3 Å².